The fourth-order valence-electron chi connectivity index (χ4n) is 3.37. The molecule has 0 aliphatic carbocycles. The van der Waals surface area contributed by atoms with E-state index in [2.05, 4.69) is 0 Å². The molecule has 0 spiro atoms. The van der Waals surface area contributed by atoms with Gasteiger partial charge in [0, 0.05) is 35.6 Å². The van der Waals surface area contributed by atoms with Crippen molar-refractivity contribution in [1.82, 2.24) is 8.87 Å². The molecule has 1 atom stereocenters. The summed E-state index contributed by atoms with van der Waals surface area (Å²) in [6, 6.07) is 15.3. The smallest absolute Gasteiger partial charge is 0.244 e. The summed E-state index contributed by atoms with van der Waals surface area (Å²) in [4.78, 5) is 0.142. The van der Waals surface area contributed by atoms with E-state index in [1.807, 2.05) is 22.9 Å². The van der Waals surface area contributed by atoms with Gasteiger partial charge in [-0.15, -0.1) is 0 Å². The number of aromatic nitrogens is 1. The Kier molecular flexibility index (Phi) is 4.34. The molecule has 1 aromatic heterocycles. The van der Waals surface area contributed by atoms with Crippen molar-refractivity contribution < 1.29 is 12.8 Å². The Balaban J connectivity index is 1.87. The topological polar surface area (TPSA) is 42.3 Å². The van der Waals surface area contributed by atoms with Crippen molar-refractivity contribution >= 4 is 21.6 Å². The standard InChI is InChI=1S/C19H16ClFN2O2S/c20-14-7-9-15(10-8-14)26(24,25)23-13-12-22-11-3-6-18(22)19(23)16-4-1-2-5-17(16)21/h1-11,19H,12-13H2/t19-/m0/s1. The Morgan fingerprint density at radius 3 is 2.42 bits per heavy atom. The van der Waals surface area contributed by atoms with E-state index in [1.165, 1.54) is 22.5 Å². The molecule has 1 aliphatic heterocycles. The fraction of sp³-hybridized carbons (Fsp3) is 0.158. The second kappa shape index (κ2) is 6.54. The molecule has 7 heteroatoms. The molecule has 0 amide bonds. The van der Waals surface area contributed by atoms with Gasteiger partial charge in [0.1, 0.15) is 5.82 Å². The maximum atomic E-state index is 14.5. The highest BCUT2D eigenvalue weighted by Gasteiger charge is 2.38. The van der Waals surface area contributed by atoms with Crippen molar-refractivity contribution in [3.8, 4) is 0 Å². The van der Waals surface area contributed by atoms with E-state index in [0.717, 1.165) is 5.69 Å². The number of rotatable bonds is 3. The molecule has 2 aromatic carbocycles. The lowest BCUT2D eigenvalue weighted by Gasteiger charge is -2.36. The second-order valence-corrected chi connectivity index (χ2v) is 8.45. The first-order valence-corrected chi connectivity index (χ1v) is 9.97. The van der Waals surface area contributed by atoms with Crippen LogP contribution < -0.4 is 0 Å². The maximum absolute atomic E-state index is 14.5. The number of fused-ring (bicyclic) bond motifs is 1. The van der Waals surface area contributed by atoms with Gasteiger partial charge in [-0.05, 0) is 42.5 Å². The van der Waals surface area contributed by atoms with Crippen LogP contribution in [0.15, 0.2) is 71.8 Å². The monoisotopic (exact) mass is 390 g/mol. The number of nitrogens with zero attached hydrogens (tertiary/aromatic N) is 2. The van der Waals surface area contributed by atoms with E-state index in [9.17, 15) is 12.8 Å². The lowest BCUT2D eigenvalue weighted by Crippen LogP contribution is -2.42. The van der Waals surface area contributed by atoms with E-state index in [0.29, 0.717) is 17.1 Å². The molecule has 2 heterocycles. The zero-order valence-electron chi connectivity index (χ0n) is 13.7. The Hall–Kier alpha value is -2.15. The summed E-state index contributed by atoms with van der Waals surface area (Å²) >= 11 is 5.88. The van der Waals surface area contributed by atoms with Crippen LogP contribution in [-0.2, 0) is 16.6 Å². The summed E-state index contributed by atoms with van der Waals surface area (Å²) in [5, 5.41) is 0.460. The summed E-state index contributed by atoms with van der Waals surface area (Å²) in [6.07, 6.45) is 1.88. The molecule has 0 fully saturated rings. The summed E-state index contributed by atoms with van der Waals surface area (Å²) < 4.78 is 44.4. The molecule has 4 rings (SSSR count). The van der Waals surface area contributed by atoms with Crippen LogP contribution in [0, 0.1) is 5.82 Å². The Bertz CT molecular complexity index is 1050. The number of sulfonamides is 1. The molecular formula is C19H16ClFN2O2S. The second-order valence-electron chi connectivity index (χ2n) is 6.12. The number of hydrogen-bond acceptors (Lipinski definition) is 2. The highest BCUT2D eigenvalue weighted by molar-refractivity contribution is 7.89. The normalized spacial score (nSPS) is 17.8. The van der Waals surface area contributed by atoms with Gasteiger partial charge < -0.3 is 4.57 Å². The van der Waals surface area contributed by atoms with Crippen LogP contribution in [0.1, 0.15) is 17.3 Å². The largest absolute Gasteiger partial charge is 0.348 e. The van der Waals surface area contributed by atoms with Gasteiger partial charge in [-0.1, -0.05) is 29.8 Å². The van der Waals surface area contributed by atoms with Gasteiger partial charge in [-0.25, -0.2) is 12.8 Å². The number of halogens is 2. The van der Waals surface area contributed by atoms with Crippen LogP contribution >= 0.6 is 11.6 Å². The van der Waals surface area contributed by atoms with Crippen molar-refractivity contribution in [3.63, 3.8) is 0 Å². The van der Waals surface area contributed by atoms with Crippen molar-refractivity contribution in [2.45, 2.75) is 17.5 Å². The van der Waals surface area contributed by atoms with E-state index in [4.69, 9.17) is 11.6 Å². The third-order valence-corrected chi connectivity index (χ3v) is 6.74. The van der Waals surface area contributed by atoms with E-state index < -0.39 is 21.9 Å². The minimum absolute atomic E-state index is 0.142. The van der Waals surface area contributed by atoms with Gasteiger partial charge >= 0.3 is 0 Å². The Labute approximate surface area is 156 Å². The van der Waals surface area contributed by atoms with Crippen LogP contribution in [0.5, 0.6) is 0 Å². The van der Waals surface area contributed by atoms with E-state index in [1.54, 1.807) is 30.3 Å². The zero-order chi connectivity index (χ0) is 18.3. The SMILES string of the molecule is O=S(=O)(c1ccc(Cl)cc1)N1CCn2cccc2[C@@H]1c1ccccc1F. The summed E-state index contributed by atoms with van der Waals surface area (Å²) in [5.74, 6) is -0.427. The minimum Gasteiger partial charge on any atom is -0.348 e. The number of benzene rings is 2. The Morgan fingerprint density at radius 1 is 0.962 bits per heavy atom. The molecule has 3 aromatic rings. The molecule has 134 valence electrons. The predicted octanol–water partition coefficient (Wildman–Crippen LogP) is 4.07. The lowest BCUT2D eigenvalue weighted by molar-refractivity contribution is 0.293. The highest BCUT2D eigenvalue weighted by Crippen LogP contribution is 2.37. The molecule has 0 bridgehead atoms. The first kappa shape index (κ1) is 17.3. The van der Waals surface area contributed by atoms with E-state index in [-0.39, 0.29) is 11.4 Å². The molecule has 0 saturated carbocycles. The van der Waals surface area contributed by atoms with Crippen molar-refractivity contribution in [1.29, 1.82) is 0 Å². The highest BCUT2D eigenvalue weighted by atomic mass is 35.5. The summed E-state index contributed by atoms with van der Waals surface area (Å²) in [5.41, 5.74) is 1.09. The zero-order valence-corrected chi connectivity index (χ0v) is 15.3. The molecule has 0 N–H and O–H groups in total. The Morgan fingerprint density at radius 2 is 1.69 bits per heavy atom. The van der Waals surface area contributed by atoms with Gasteiger partial charge in [0.05, 0.1) is 10.9 Å². The van der Waals surface area contributed by atoms with Gasteiger partial charge in [0.2, 0.25) is 10.0 Å². The first-order valence-electron chi connectivity index (χ1n) is 8.15. The van der Waals surface area contributed by atoms with Crippen molar-refractivity contribution in [2.75, 3.05) is 6.54 Å². The molecule has 0 saturated heterocycles. The molecule has 4 nitrogen and oxygen atoms in total. The lowest BCUT2D eigenvalue weighted by atomic mass is 10.0. The third-order valence-electron chi connectivity index (χ3n) is 4.61. The van der Waals surface area contributed by atoms with Crippen LogP contribution in [0.25, 0.3) is 0 Å². The fourth-order valence-corrected chi connectivity index (χ4v) is 5.07. The molecule has 26 heavy (non-hydrogen) atoms. The minimum atomic E-state index is -3.82. The van der Waals surface area contributed by atoms with Crippen LogP contribution in [-0.4, -0.2) is 23.8 Å². The average Bonchev–Trinajstić information content (AvgIpc) is 3.10. The van der Waals surface area contributed by atoms with E-state index >= 15 is 0 Å². The maximum Gasteiger partial charge on any atom is 0.244 e. The van der Waals surface area contributed by atoms with Crippen molar-refractivity contribution in [3.05, 3.63) is 89.0 Å². The van der Waals surface area contributed by atoms with Crippen molar-refractivity contribution in [2.24, 2.45) is 0 Å². The molecule has 1 aliphatic rings. The van der Waals surface area contributed by atoms with Gasteiger partial charge in [0.15, 0.2) is 0 Å². The predicted molar refractivity (Wildman–Crippen MR) is 98.0 cm³/mol. The quantitative estimate of drug-likeness (QED) is 0.676. The average molecular weight is 391 g/mol. The first-order chi connectivity index (χ1) is 12.5. The van der Waals surface area contributed by atoms with Crippen LogP contribution in [0.3, 0.4) is 0 Å². The molecule has 0 unspecified atom stereocenters. The number of hydrogen-bond donors (Lipinski definition) is 0. The van der Waals surface area contributed by atoms with Gasteiger partial charge in [-0.2, -0.15) is 4.31 Å². The van der Waals surface area contributed by atoms with Gasteiger partial charge in [-0.3, -0.25) is 0 Å². The summed E-state index contributed by atoms with van der Waals surface area (Å²) in [6.45, 7) is 0.770. The molecule has 0 radical (unpaired) electrons. The van der Waals surface area contributed by atoms with Crippen LogP contribution in [0.2, 0.25) is 5.02 Å². The summed E-state index contributed by atoms with van der Waals surface area (Å²) in [7, 11) is -3.82. The van der Waals surface area contributed by atoms with Gasteiger partial charge in [0.25, 0.3) is 0 Å². The molecular weight excluding hydrogens is 375 g/mol. The third kappa shape index (κ3) is 2.84. The van der Waals surface area contributed by atoms with Crippen LogP contribution in [0.4, 0.5) is 4.39 Å².